The van der Waals surface area contributed by atoms with E-state index in [4.69, 9.17) is 9.84 Å². The van der Waals surface area contributed by atoms with E-state index in [1.165, 1.54) is 0 Å². The van der Waals surface area contributed by atoms with E-state index < -0.39 is 5.97 Å². The van der Waals surface area contributed by atoms with Crippen LogP contribution in [0.1, 0.15) is 32.6 Å². The maximum atomic E-state index is 12.6. The molecule has 2 heterocycles. The Morgan fingerprint density at radius 3 is 2.57 bits per heavy atom. The van der Waals surface area contributed by atoms with Gasteiger partial charge in [-0.05, 0) is 31.1 Å². The second-order valence-electron chi connectivity index (χ2n) is 6.32. The molecule has 0 aromatic heterocycles. The first kappa shape index (κ1) is 16.1. The first-order valence-corrected chi connectivity index (χ1v) is 7.79. The quantitative estimate of drug-likeness (QED) is 0.860. The van der Waals surface area contributed by atoms with Gasteiger partial charge in [-0.3, -0.25) is 4.79 Å². The molecule has 3 unspecified atom stereocenters. The van der Waals surface area contributed by atoms with Gasteiger partial charge in [0.05, 0.1) is 6.10 Å². The number of carboxylic acid groups (broad SMARTS) is 1. The molecule has 0 saturated carbocycles. The third-order valence-corrected chi connectivity index (χ3v) is 4.72. The van der Waals surface area contributed by atoms with Gasteiger partial charge in [-0.1, -0.05) is 6.92 Å². The SMILES string of the molecule is COC1CN(C(=O)N2CCCC(CC(=O)O)C2)CCC1C. The largest absolute Gasteiger partial charge is 0.481 e. The molecule has 0 aliphatic carbocycles. The second-order valence-corrected chi connectivity index (χ2v) is 6.32. The third kappa shape index (κ3) is 4.09. The van der Waals surface area contributed by atoms with Crippen molar-refractivity contribution in [2.75, 3.05) is 33.3 Å². The number of carbonyl (C=O) groups excluding carboxylic acids is 1. The molecule has 1 N–H and O–H groups in total. The molecule has 21 heavy (non-hydrogen) atoms. The zero-order chi connectivity index (χ0) is 15.4. The molecule has 0 aromatic carbocycles. The number of ether oxygens (including phenoxy) is 1. The lowest BCUT2D eigenvalue weighted by atomic mass is 9.94. The molecule has 2 amide bonds. The van der Waals surface area contributed by atoms with Crippen LogP contribution in [-0.4, -0.2) is 66.3 Å². The zero-order valence-electron chi connectivity index (χ0n) is 13.0. The molecule has 0 radical (unpaired) electrons. The van der Waals surface area contributed by atoms with E-state index in [2.05, 4.69) is 6.92 Å². The van der Waals surface area contributed by atoms with Crippen LogP contribution >= 0.6 is 0 Å². The minimum Gasteiger partial charge on any atom is -0.481 e. The summed E-state index contributed by atoms with van der Waals surface area (Å²) in [7, 11) is 1.69. The molecule has 6 nitrogen and oxygen atoms in total. The van der Waals surface area contributed by atoms with Gasteiger partial charge < -0.3 is 19.6 Å². The number of methoxy groups -OCH3 is 1. The molecule has 0 spiro atoms. The number of amides is 2. The molecule has 120 valence electrons. The fourth-order valence-corrected chi connectivity index (χ4v) is 3.37. The summed E-state index contributed by atoms with van der Waals surface area (Å²) in [4.78, 5) is 27.1. The molecule has 2 aliphatic rings. The molecule has 3 atom stereocenters. The van der Waals surface area contributed by atoms with E-state index in [-0.39, 0.29) is 24.5 Å². The van der Waals surface area contributed by atoms with E-state index in [1.54, 1.807) is 7.11 Å². The Labute approximate surface area is 126 Å². The molecule has 2 aliphatic heterocycles. The van der Waals surface area contributed by atoms with Gasteiger partial charge in [0.25, 0.3) is 0 Å². The highest BCUT2D eigenvalue weighted by molar-refractivity contribution is 5.75. The Morgan fingerprint density at radius 1 is 1.19 bits per heavy atom. The van der Waals surface area contributed by atoms with Gasteiger partial charge in [0, 0.05) is 39.7 Å². The van der Waals surface area contributed by atoms with Crippen molar-refractivity contribution >= 4 is 12.0 Å². The third-order valence-electron chi connectivity index (χ3n) is 4.72. The maximum absolute atomic E-state index is 12.6. The average Bonchev–Trinajstić information content (AvgIpc) is 2.46. The van der Waals surface area contributed by atoms with Crippen molar-refractivity contribution in [2.45, 2.75) is 38.7 Å². The van der Waals surface area contributed by atoms with E-state index in [0.717, 1.165) is 32.4 Å². The number of urea groups is 1. The Kier molecular flexibility index (Phi) is 5.45. The molecule has 0 bridgehead atoms. The van der Waals surface area contributed by atoms with Crippen LogP contribution in [0.5, 0.6) is 0 Å². The fraction of sp³-hybridized carbons (Fsp3) is 0.867. The summed E-state index contributed by atoms with van der Waals surface area (Å²) in [6.07, 6.45) is 3.00. The number of carboxylic acids is 1. The number of carbonyl (C=O) groups is 2. The van der Waals surface area contributed by atoms with Gasteiger partial charge in [-0.15, -0.1) is 0 Å². The normalized spacial score (nSPS) is 30.3. The summed E-state index contributed by atoms with van der Waals surface area (Å²) in [5.74, 6) is -0.220. The zero-order valence-corrected chi connectivity index (χ0v) is 13.0. The van der Waals surface area contributed by atoms with Crippen LogP contribution in [0.15, 0.2) is 0 Å². The van der Waals surface area contributed by atoms with Gasteiger partial charge in [0.2, 0.25) is 0 Å². The van der Waals surface area contributed by atoms with Crippen molar-refractivity contribution in [1.29, 1.82) is 0 Å². The molecule has 2 rings (SSSR count). The van der Waals surface area contributed by atoms with Crippen LogP contribution in [0.3, 0.4) is 0 Å². The standard InChI is InChI=1S/C15H26N2O4/c1-11-5-7-17(10-13(11)21-2)15(20)16-6-3-4-12(9-16)8-14(18)19/h11-13H,3-10H2,1-2H3,(H,18,19). The minimum atomic E-state index is -0.777. The summed E-state index contributed by atoms with van der Waals surface area (Å²) in [6, 6.07) is 0.0408. The first-order chi connectivity index (χ1) is 10.0. The van der Waals surface area contributed by atoms with Crippen LogP contribution in [-0.2, 0) is 9.53 Å². The highest BCUT2D eigenvalue weighted by Gasteiger charge is 2.33. The number of piperidine rings is 2. The number of hydrogen-bond acceptors (Lipinski definition) is 3. The number of hydrogen-bond donors (Lipinski definition) is 1. The lowest BCUT2D eigenvalue weighted by Crippen LogP contribution is -2.53. The predicted octanol–water partition coefficient (Wildman–Crippen LogP) is 1.65. The average molecular weight is 298 g/mol. The highest BCUT2D eigenvalue weighted by atomic mass is 16.5. The van der Waals surface area contributed by atoms with Gasteiger partial charge >= 0.3 is 12.0 Å². The molecular weight excluding hydrogens is 272 g/mol. The van der Waals surface area contributed by atoms with Crippen molar-refractivity contribution in [3.05, 3.63) is 0 Å². The van der Waals surface area contributed by atoms with Gasteiger partial charge in [-0.2, -0.15) is 0 Å². The second kappa shape index (κ2) is 7.11. The topological polar surface area (TPSA) is 70.1 Å². The van der Waals surface area contributed by atoms with Crippen molar-refractivity contribution in [3.8, 4) is 0 Å². The number of rotatable bonds is 3. The summed E-state index contributed by atoms with van der Waals surface area (Å²) in [5.41, 5.74) is 0. The summed E-state index contributed by atoms with van der Waals surface area (Å²) >= 11 is 0. The van der Waals surface area contributed by atoms with Crippen LogP contribution in [0.4, 0.5) is 4.79 Å². The molecule has 6 heteroatoms. The lowest BCUT2D eigenvalue weighted by molar-refractivity contribution is -0.138. The highest BCUT2D eigenvalue weighted by Crippen LogP contribution is 2.24. The Morgan fingerprint density at radius 2 is 1.90 bits per heavy atom. The minimum absolute atomic E-state index is 0.0408. The Bertz CT molecular complexity index is 388. The molecule has 0 aromatic rings. The van der Waals surface area contributed by atoms with Crippen LogP contribution < -0.4 is 0 Å². The predicted molar refractivity (Wildman–Crippen MR) is 78.1 cm³/mol. The van der Waals surface area contributed by atoms with E-state index in [1.807, 2.05) is 9.80 Å². The van der Waals surface area contributed by atoms with Crippen LogP contribution in [0.25, 0.3) is 0 Å². The first-order valence-electron chi connectivity index (χ1n) is 7.79. The van der Waals surface area contributed by atoms with Gasteiger partial charge in [0.1, 0.15) is 0 Å². The van der Waals surface area contributed by atoms with Crippen molar-refractivity contribution in [2.24, 2.45) is 11.8 Å². The molecular formula is C15H26N2O4. The van der Waals surface area contributed by atoms with Crippen molar-refractivity contribution in [1.82, 2.24) is 9.80 Å². The Balaban J connectivity index is 1.91. The monoisotopic (exact) mass is 298 g/mol. The van der Waals surface area contributed by atoms with Gasteiger partial charge in [-0.25, -0.2) is 4.79 Å². The van der Waals surface area contributed by atoms with Gasteiger partial charge in [0.15, 0.2) is 0 Å². The summed E-state index contributed by atoms with van der Waals surface area (Å²) < 4.78 is 5.45. The summed E-state index contributed by atoms with van der Waals surface area (Å²) in [6.45, 7) is 4.85. The number of aliphatic carboxylic acids is 1. The maximum Gasteiger partial charge on any atom is 0.320 e. The smallest absolute Gasteiger partial charge is 0.320 e. The summed E-state index contributed by atoms with van der Waals surface area (Å²) in [5, 5.41) is 8.90. The van der Waals surface area contributed by atoms with Crippen LogP contribution in [0.2, 0.25) is 0 Å². The lowest BCUT2D eigenvalue weighted by Gasteiger charge is -2.41. The van der Waals surface area contributed by atoms with E-state index in [9.17, 15) is 9.59 Å². The molecule has 2 fully saturated rings. The fourth-order valence-electron chi connectivity index (χ4n) is 3.37. The molecule has 2 saturated heterocycles. The number of likely N-dealkylation sites (tertiary alicyclic amines) is 2. The van der Waals surface area contributed by atoms with E-state index >= 15 is 0 Å². The van der Waals surface area contributed by atoms with Crippen molar-refractivity contribution in [3.63, 3.8) is 0 Å². The Hall–Kier alpha value is -1.30. The van der Waals surface area contributed by atoms with Crippen molar-refractivity contribution < 1.29 is 19.4 Å². The number of nitrogens with zero attached hydrogens (tertiary/aromatic N) is 2. The van der Waals surface area contributed by atoms with E-state index in [0.29, 0.717) is 19.0 Å². The van der Waals surface area contributed by atoms with Crippen LogP contribution in [0, 0.1) is 11.8 Å².